The standard InChI is InChI=1S/C17H22FNO3/c1-12-2-3-13(10-15(12)18)16(21)19-7-5-17(6-8-19)11-14(20)4-9-22-17/h2-3,10,14,20H,4-9,11H2,1H3. The van der Waals surface area contributed by atoms with E-state index in [2.05, 4.69) is 0 Å². The number of ether oxygens (including phenoxy) is 1. The van der Waals surface area contributed by atoms with Gasteiger partial charge in [-0.15, -0.1) is 0 Å². The Labute approximate surface area is 129 Å². The molecule has 2 fully saturated rings. The van der Waals surface area contributed by atoms with E-state index in [4.69, 9.17) is 4.74 Å². The van der Waals surface area contributed by atoms with Crippen LogP contribution in [0, 0.1) is 12.7 Å². The van der Waals surface area contributed by atoms with Crippen molar-refractivity contribution in [1.29, 1.82) is 0 Å². The van der Waals surface area contributed by atoms with E-state index in [9.17, 15) is 14.3 Å². The molecule has 22 heavy (non-hydrogen) atoms. The van der Waals surface area contributed by atoms with Gasteiger partial charge in [0.05, 0.1) is 11.7 Å². The molecule has 1 spiro atoms. The number of halogens is 1. The van der Waals surface area contributed by atoms with Crippen LogP contribution in [0.4, 0.5) is 4.39 Å². The topological polar surface area (TPSA) is 49.8 Å². The highest BCUT2D eigenvalue weighted by atomic mass is 19.1. The SMILES string of the molecule is Cc1ccc(C(=O)N2CCC3(CC2)CC(O)CCO3)cc1F. The van der Waals surface area contributed by atoms with Crippen LogP contribution in [0.5, 0.6) is 0 Å². The van der Waals surface area contributed by atoms with Crippen molar-refractivity contribution in [2.24, 2.45) is 0 Å². The summed E-state index contributed by atoms with van der Waals surface area (Å²) in [5.74, 6) is -0.483. The summed E-state index contributed by atoms with van der Waals surface area (Å²) in [6.07, 6.45) is 2.48. The van der Waals surface area contributed by atoms with Crippen molar-refractivity contribution < 1.29 is 19.0 Å². The molecule has 3 rings (SSSR count). The summed E-state index contributed by atoms with van der Waals surface area (Å²) in [6.45, 7) is 3.43. The molecule has 2 aliphatic heterocycles. The second-order valence-electron chi connectivity index (χ2n) is 6.43. The zero-order valence-corrected chi connectivity index (χ0v) is 12.8. The van der Waals surface area contributed by atoms with Crippen molar-refractivity contribution in [1.82, 2.24) is 4.90 Å². The highest BCUT2D eigenvalue weighted by Gasteiger charge is 2.40. The summed E-state index contributed by atoms with van der Waals surface area (Å²) in [5, 5.41) is 9.83. The molecule has 0 aliphatic carbocycles. The van der Waals surface area contributed by atoms with E-state index in [0.717, 1.165) is 12.8 Å². The van der Waals surface area contributed by atoms with Gasteiger partial charge in [0.1, 0.15) is 5.82 Å². The quantitative estimate of drug-likeness (QED) is 0.866. The van der Waals surface area contributed by atoms with E-state index < -0.39 is 0 Å². The van der Waals surface area contributed by atoms with E-state index in [1.165, 1.54) is 6.07 Å². The van der Waals surface area contributed by atoms with E-state index in [1.807, 2.05) is 0 Å². The van der Waals surface area contributed by atoms with Crippen molar-refractivity contribution >= 4 is 5.91 Å². The van der Waals surface area contributed by atoms with Crippen molar-refractivity contribution in [3.8, 4) is 0 Å². The number of hydrogen-bond donors (Lipinski definition) is 1. The Morgan fingerprint density at radius 2 is 2.14 bits per heavy atom. The molecular weight excluding hydrogens is 285 g/mol. The van der Waals surface area contributed by atoms with E-state index in [0.29, 0.717) is 43.7 Å². The second-order valence-corrected chi connectivity index (χ2v) is 6.43. The minimum atomic E-state index is -0.349. The molecule has 0 saturated carbocycles. The highest BCUT2D eigenvalue weighted by molar-refractivity contribution is 5.94. The van der Waals surface area contributed by atoms with Gasteiger partial charge in [0, 0.05) is 31.7 Å². The third kappa shape index (κ3) is 3.01. The monoisotopic (exact) mass is 307 g/mol. The minimum Gasteiger partial charge on any atom is -0.393 e. The molecule has 1 aromatic rings. The number of amides is 1. The third-order valence-electron chi connectivity index (χ3n) is 4.85. The van der Waals surface area contributed by atoms with Crippen LogP contribution in [0.1, 0.15) is 41.6 Å². The van der Waals surface area contributed by atoms with Gasteiger partial charge in [0.2, 0.25) is 0 Å². The van der Waals surface area contributed by atoms with E-state index in [-0.39, 0.29) is 23.4 Å². The fourth-order valence-corrected chi connectivity index (χ4v) is 3.38. The van der Waals surface area contributed by atoms with Crippen LogP contribution in [0.15, 0.2) is 18.2 Å². The van der Waals surface area contributed by atoms with Gasteiger partial charge in [-0.25, -0.2) is 4.39 Å². The van der Waals surface area contributed by atoms with Crippen LogP contribution in [0.25, 0.3) is 0 Å². The molecule has 2 aliphatic rings. The molecule has 1 N–H and O–H groups in total. The summed E-state index contributed by atoms with van der Waals surface area (Å²) < 4.78 is 19.5. The zero-order chi connectivity index (χ0) is 15.7. The lowest BCUT2D eigenvalue weighted by molar-refractivity contribution is -0.139. The van der Waals surface area contributed by atoms with Crippen molar-refractivity contribution in [3.63, 3.8) is 0 Å². The summed E-state index contributed by atoms with van der Waals surface area (Å²) in [6, 6.07) is 4.61. The van der Waals surface area contributed by atoms with Gasteiger partial charge in [-0.05, 0) is 43.9 Å². The maximum atomic E-state index is 13.6. The Bertz CT molecular complexity index is 567. The van der Waals surface area contributed by atoms with Crippen molar-refractivity contribution in [3.05, 3.63) is 35.1 Å². The van der Waals surface area contributed by atoms with Crippen LogP contribution in [-0.4, -0.2) is 47.3 Å². The molecule has 1 aromatic carbocycles. The number of carbonyl (C=O) groups excluding carboxylic acids is 1. The Morgan fingerprint density at radius 3 is 2.77 bits per heavy atom. The number of rotatable bonds is 1. The predicted molar refractivity (Wildman–Crippen MR) is 80.2 cm³/mol. The van der Waals surface area contributed by atoms with Gasteiger partial charge in [0.15, 0.2) is 0 Å². The summed E-state index contributed by atoms with van der Waals surface area (Å²) in [7, 11) is 0. The van der Waals surface area contributed by atoms with Crippen LogP contribution in [-0.2, 0) is 4.74 Å². The first-order valence-corrected chi connectivity index (χ1v) is 7.87. The normalized spacial score (nSPS) is 24.5. The Hall–Kier alpha value is -1.46. The summed E-state index contributed by atoms with van der Waals surface area (Å²) in [4.78, 5) is 14.2. The number of aliphatic hydroxyl groups excluding tert-OH is 1. The van der Waals surface area contributed by atoms with Crippen LogP contribution in [0.3, 0.4) is 0 Å². The maximum absolute atomic E-state index is 13.6. The third-order valence-corrected chi connectivity index (χ3v) is 4.85. The zero-order valence-electron chi connectivity index (χ0n) is 12.8. The molecule has 1 amide bonds. The van der Waals surface area contributed by atoms with Gasteiger partial charge >= 0.3 is 0 Å². The smallest absolute Gasteiger partial charge is 0.253 e. The molecule has 2 saturated heterocycles. The molecule has 2 heterocycles. The van der Waals surface area contributed by atoms with Gasteiger partial charge in [-0.1, -0.05) is 6.07 Å². The predicted octanol–water partition coefficient (Wildman–Crippen LogP) is 2.28. The average Bonchev–Trinajstić information content (AvgIpc) is 2.50. The number of benzene rings is 1. The van der Waals surface area contributed by atoms with Crippen LogP contribution in [0.2, 0.25) is 0 Å². The number of carbonyl (C=O) groups is 1. The molecular formula is C17H22FNO3. The number of nitrogens with zero attached hydrogens (tertiary/aromatic N) is 1. The number of hydrogen-bond acceptors (Lipinski definition) is 3. The fraction of sp³-hybridized carbons (Fsp3) is 0.588. The molecule has 4 nitrogen and oxygen atoms in total. The molecule has 5 heteroatoms. The molecule has 0 radical (unpaired) electrons. The Balaban J connectivity index is 1.65. The lowest BCUT2D eigenvalue weighted by Crippen LogP contribution is -2.51. The fourth-order valence-electron chi connectivity index (χ4n) is 3.38. The first kappa shape index (κ1) is 15.4. The molecule has 1 unspecified atom stereocenters. The van der Waals surface area contributed by atoms with Gasteiger partial charge in [-0.2, -0.15) is 0 Å². The minimum absolute atomic E-state index is 0.134. The molecule has 120 valence electrons. The largest absolute Gasteiger partial charge is 0.393 e. The molecule has 0 aromatic heterocycles. The number of likely N-dealkylation sites (tertiary alicyclic amines) is 1. The van der Waals surface area contributed by atoms with E-state index >= 15 is 0 Å². The maximum Gasteiger partial charge on any atom is 0.253 e. The second kappa shape index (κ2) is 5.97. The number of aryl methyl sites for hydroxylation is 1. The van der Waals surface area contributed by atoms with Crippen molar-refractivity contribution in [2.45, 2.75) is 44.3 Å². The first-order chi connectivity index (χ1) is 10.5. The van der Waals surface area contributed by atoms with E-state index in [1.54, 1.807) is 24.0 Å². The van der Waals surface area contributed by atoms with Gasteiger partial charge < -0.3 is 14.7 Å². The number of piperidine rings is 1. The van der Waals surface area contributed by atoms with Gasteiger partial charge in [0.25, 0.3) is 5.91 Å². The highest BCUT2D eigenvalue weighted by Crippen LogP contribution is 2.35. The number of aliphatic hydroxyl groups is 1. The lowest BCUT2D eigenvalue weighted by Gasteiger charge is -2.45. The lowest BCUT2D eigenvalue weighted by atomic mass is 9.83. The Kier molecular flexibility index (Phi) is 4.19. The van der Waals surface area contributed by atoms with Crippen LogP contribution < -0.4 is 0 Å². The Morgan fingerprint density at radius 1 is 1.41 bits per heavy atom. The first-order valence-electron chi connectivity index (χ1n) is 7.87. The summed E-state index contributed by atoms with van der Waals surface area (Å²) >= 11 is 0. The molecule has 0 bridgehead atoms. The van der Waals surface area contributed by atoms with Gasteiger partial charge in [-0.3, -0.25) is 4.79 Å². The van der Waals surface area contributed by atoms with Crippen LogP contribution >= 0.6 is 0 Å². The average molecular weight is 307 g/mol. The molecule has 1 atom stereocenters. The summed E-state index contributed by atoms with van der Waals surface area (Å²) in [5.41, 5.74) is 0.648. The van der Waals surface area contributed by atoms with Crippen molar-refractivity contribution in [2.75, 3.05) is 19.7 Å².